The molecule has 1 saturated carbocycles. The third kappa shape index (κ3) is 6.82. The van der Waals surface area contributed by atoms with Crippen LogP contribution in [0.1, 0.15) is 66.1 Å². The largest absolute Gasteiger partial charge is 0.418 e. The van der Waals surface area contributed by atoms with Crippen LogP contribution in [0.4, 0.5) is 26.3 Å². The number of pyridine rings is 4. The van der Waals surface area contributed by atoms with E-state index in [1.807, 2.05) is 18.2 Å². The summed E-state index contributed by atoms with van der Waals surface area (Å²) >= 11 is 0. The number of hydrogen-bond donors (Lipinski definition) is 0. The summed E-state index contributed by atoms with van der Waals surface area (Å²) in [5.41, 5.74) is -0.152. The molecule has 0 bridgehead atoms. The van der Waals surface area contributed by atoms with E-state index in [9.17, 15) is 31.1 Å². The topological polar surface area (TPSA) is 60.7 Å². The van der Waals surface area contributed by atoms with Gasteiger partial charge in [0.2, 0.25) is 0 Å². The van der Waals surface area contributed by atoms with Gasteiger partial charge >= 0.3 is 12.4 Å². The summed E-state index contributed by atoms with van der Waals surface area (Å²) in [6.45, 7) is 1.53. The molecule has 0 radical (unpaired) electrons. The van der Waals surface area contributed by atoms with Crippen LogP contribution >= 0.6 is 0 Å². The second kappa shape index (κ2) is 11.5. The zero-order valence-corrected chi connectivity index (χ0v) is 21.1. The fraction of sp³-hybridized carbons (Fsp3) is 0.357. The lowest BCUT2D eigenvalue weighted by Gasteiger charge is -2.23. The molecule has 4 heterocycles. The normalized spacial score (nSPS) is 14.6. The number of aromatic nitrogens is 4. The van der Waals surface area contributed by atoms with Gasteiger partial charge in [-0.3, -0.25) is 19.3 Å². The van der Waals surface area contributed by atoms with E-state index in [0.29, 0.717) is 16.9 Å². The summed E-state index contributed by atoms with van der Waals surface area (Å²) in [4.78, 5) is 25.2. The number of aryl methyl sites for hydroxylation is 1. The maximum absolute atomic E-state index is 13.5. The molecule has 39 heavy (non-hydrogen) atoms. The summed E-state index contributed by atoms with van der Waals surface area (Å²) in [5, 5.41) is 0.764. The van der Waals surface area contributed by atoms with Crippen molar-refractivity contribution in [3.05, 3.63) is 99.5 Å². The summed E-state index contributed by atoms with van der Waals surface area (Å²) in [5.74, 6) is 0.138. The highest BCUT2D eigenvalue weighted by atomic mass is 19.4. The van der Waals surface area contributed by atoms with Crippen molar-refractivity contribution < 1.29 is 26.3 Å². The number of rotatable bonds is 3. The summed E-state index contributed by atoms with van der Waals surface area (Å²) < 4.78 is 77.0. The second-order valence-corrected chi connectivity index (χ2v) is 9.42. The van der Waals surface area contributed by atoms with Crippen molar-refractivity contribution in [2.45, 2.75) is 63.8 Å². The molecular formula is C28H26F6N4O. The van der Waals surface area contributed by atoms with E-state index in [2.05, 4.69) is 15.0 Å². The number of halogens is 6. The van der Waals surface area contributed by atoms with Crippen LogP contribution in [0.3, 0.4) is 0 Å². The highest BCUT2D eigenvalue weighted by Crippen LogP contribution is 2.34. The minimum atomic E-state index is -4.53. The molecule has 1 aliphatic rings. The van der Waals surface area contributed by atoms with E-state index in [4.69, 9.17) is 0 Å². The van der Waals surface area contributed by atoms with Gasteiger partial charge in [-0.1, -0.05) is 19.3 Å². The molecule has 5 nitrogen and oxygen atoms in total. The van der Waals surface area contributed by atoms with Gasteiger partial charge < -0.3 is 0 Å². The molecule has 0 spiro atoms. The van der Waals surface area contributed by atoms with E-state index >= 15 is 0 Å². The van der Waals surface area contributed by atoms with Crippen LogP contribution in [0.25, 0.3) is 11.0 Å². The van der Waals surface area contributed by atoms with Crippen molar-refractivity contribution >= 4 is 11.0 Å². The van der Waals surface area contributed by atoms with Crippen molar-refractivity contribution in [1.82, 2.24) is 19.5 Å². The summed E-state index contributed by atoms with van der Waals surface area (Å²) in [6.07, 6.45) is -0.0976. The van der Waals surface area contributed by atoms with E-state index in [1.54, 1.807) is 6.92 Å². The Hall–Kier alpha value is -3.76. The van der Waals surface area contributed by atoms with Crippen molar-refractivity contribution in [3.63, 3.8) is 0 Å². The predicted octanol–water partition coefficient (Wildman–Crippen LogP) is 7.32. The van der Waals surface area contributed by atoms with Crippen LogP contribution in [0.15, 0.2) is 65.8 Å². The Balaban J connectivity index is 0.000000298. The van der Waals surface area contributed by atoms with Crippen LogP contribution in [0, 0.1) is 6.92 Å². The maximum Gasteiger partial charge on any atom is 0.418 e. The van der Waals surface area contributed by atoms with Gasteiger partial charge in [0.05, 0.1) is 23.4 Å². The molecule has 0 aromatic carbocycles. The van der Waals surface area contributed by atoms with E-state index in [1.165, 1.54) is 16.8 Å². The first-order chi connectivity index (χ1) is 18.4. The Labute approximate surface area is 220 Å². The molecule has 5 rings (SSSR count). The standard InChI is InChI=1S/C22H22F3N3O.C6H4F3N/c1-14-9-10-16-12-17(15-6-3-2-4-7-15)21(29)28(20(16)27-14)13-19-18(22(23,24)25)8-5-11-26-19;7-6(8,9)5-1-3-10-4-2-5/h5,8-12,15H,2-4,6-7,13H2,1H3;1-4H. The molecule has 0 unspecified atom stereocenters. The quantitative estimate of drug-likeness (QED) is 0.252. The first kappa shape index (κ1) is 28.3. The Morgan fingerprint density at radius 2 is 1.59 bits per heavy atom. The molecule has 206 valence electrons. The van der Waals surface area contributed by atoms with Gasteiger partial charge in [0.25, 0.3) is 5.56 Å². The number of fused-ring (bicyclic) bond motifs is 1. The molecule has 4 aromatic heterocycles. The molecule has 0 aliphatic heterocycles. The van der Waals surface area contributed by atoms with Crippen LogP contribution in [0.5, 0.6) is 0 Å². The minimum Gasteiger partial charge on any atom is -0.286 e. The first-order valence-electron chi connectivity index (χ1n) is 12.4. The Bertz CT molecular complexity index is 1480. The van der Waals surface area contributed by atoms with Crippen molar-refractivity contribution in [2.75, 3.05) is 0 Å². The smallest absolute Gasteiger partial charge is 0.286 e. The Kier molecular flexibility index (Phi) is 8.36. The Morgan fingerprint density at radius 1 is 0.897 bits per heavy atom. The minimum absolute atomic E-state index is 0.138. The molecule has 0 atom stereocenters. The van der Waals surface area contributed by atoms with Gasteiger partial charge in [0.1, 0.15) is 5.65 Å². The molecule has 0 amide bonds. The lowest BCUT2D eigenvalue weighted by atomic mass is 9.84. The van der Waals surface area contributed by atoms with Crippen LogP contribution in [-0.4, -0.2) is 19.5 Å². The summed E-state index contributed by atoms with van der Waals surface area (Å²) in [7, 11) is 0. The van der Waals surface area contributed by atoms with Crippen LogP contribution in [0.2, 0.25) is 0 Å². The average Bonchev–Trinajstić information content (AvgIpc) is 2.91. The lowest BCUT2D eigenvalue weighted by Crippen LogP contribution is -2.29. The van der Waals surface area contributed by atoms with Gasteiger partial charge in [0.15, 0.2) is 0 Å². The third-order valence-corrected chi connectivity index (χ3v) is 6.66. The van der Waals surface area contributed by atoms with E-state index in [-0.39, 0.29) is 23.7 Å². The molecule has 11 heteroatoms. The lowest BCUT2D eigenvalue weighted by molar-refractivity contribution is -0.139. The zero-order chi connectivity index (χ0) is 28.2. The molecule has 1 fully saturated rings. The van der Waals surface area contributed by atoms with E-state index in [0.717, 1.165) is 68.1 Å². The molecule has 1 aliphatic carbocycles. The van der Waals surface area contributed by atoms with Gasteiger partial charge in [-0.25, -0.2) is 4.98 Å². The molecule has 4 aromatic rings. The monoisotopic (exact) mass is 548 g/mol. The highest BCUT2D eigenvalue weighted by molar-refractivity contribution is 5.76. The van der Waals surface area contributed by atoms with Crippen LogP contribution in [-0.2, 0) is 18.9 Å². The average molecular weight is 549 g/mol. The second-order valence-electron chi connectivity index (χ2n) is 9.42. The van der Waals surface area contributed by atoms with Gasteiger partial charge in [0, 0.05) is 35.2 Å². The number of nitrogens with zero attached hydrogens (tertiary/aromatic N) is 4. The predicted molar refractivity (Wildman–Crippen MR) is 134 cm³/mol. The number of hydrogen-bond acceptors (Lipinski definition) is 4. The third-order valence-electron chi connectivity index (χ3n) is 6.66. The molecule has 0 N–H and O–H groups in total. The maximum atomic E-state index is 13.5. The van der Waals surface area contributed by atoms with Gasteiger partial charge in [-0.15, -0.1) is 0 Å². The first-order valence-corrected chi connectivity index (χ1v) is 12.4. The fourth-order valence-corrected chi connectivity index (χ4v) is 4.73. The highest BCUT2D eigenvalue weighted by Gasteiger charge is 2.34. The zero-order valence-electron chi connectivity index (χ0n) is 21.1. The van der Waals surface area contributed by atoms with Crippen LogP contribution < -0.4 is 5.56 Å². The Morgan fingerprint density at radius 3 is 2.21 bits per heavy atom. The van der Waals surface area contributed by atoms with E-state index < -0.39 is 23.5 Å². The fourth-order valence-electron chi connectivity index (χ4n) is 4.73. The van der Waals surface area contributed by atoms with Crippen molar-refractivity contribution in [1.29, 1.82) is 0 Å². The van der Waals surface area contributed by atoms with Gasteiger partial charge in [-0.05, 0) is 68.1 Å². The molecule has 0 saturated heterocycles. The van der Waals surface area contributed by atoms with Gasteiger partial charge in [-0.2, -0.15) is 26.3 Å². The van der Waals surface area contributed by atoms with Crippen molar-refractivity contribution in [3.8, 4) is 0 Å². The SMILES string of the molecule is Cc1ccc2cc(C3CCCCC3)c(=O)n(Cc3ncccc3C(F)(F)F)c2n1.FC(F)(F)c1ccncc1. The summed E-state index contributed by atoms with van der Waals surface area (Å²) in [6, 6.07) is 9.72. The number of alkyl halides is 6. The van der Waals surface area contributed by atoms with Crippen molar-refractivity contribution in [2.24, 2.45) is 0 Å². The molecular weight excluding hydrogens is 522 g/mol.